The van der Waals surface area contributed by atoms with E-state index in [2.05, 4.69) is 24.4 Å². The third kappa shape index (κ3) is 19.5. The molecule has 0 N–H and O–H groups in total. The van der Waals surface area contributed by atoms with Crippen molar-refractivity contribution in [1.82, 2.24) is 4.98 Å². The van der Waals surface area contributed by atoms with Gasteiger partial charge in [-0.25, -0.2) is 4.52 Å². The van der Waals surface area contributed by atoms with Gasteiger partial charge in [0.1, 0.15) is 8.15 Å². The van der Waals surface area contributed by atoms with Crippen LogP contribution >= 0.6 is 8.15 Å². The molecule has 0 aliphatic heterocycles. The van der Waals surface area contributed by atoms with Crippen molar-refractivity contribution in [3.8, 4) is 11.3 Å². The van der Waals surface area contributed by atoms with Crippen LogP contribution in [-0.2, 0) is 24.6 Å². The van der Waals surface area contributed by atoms with Gasteiger partial charge in [0.15, 0.2) is 0 Å². The SMILES string of the molecule is C.CC.CC.CO[PH+](C)C.[CH3-].[Ir].[c-]1ccccc1-c1ccccn1. The van der Waals surface area contributed by atoms with Crippen molar-refractivity contribution in [2.24, 2.45) is 0 Å². The van der Waals surface area contributed by atoms with Crippen LogP contribution in [0.5, 0.6) is 0 Å². The summed E-state index contributed by atoms with van der Waals surface area (Å²) >= 11 is 0. The molecular formula is C20H37IrNOP-. The number of rotatable bonds is 2. The molecule has 0 aliphatic rings. The Kier molecular flexibility index (Phi) is 39.4. The molecule has 0 saturated carbocycles. The maximum Gasteiger partial charge on any atom is 0.126 e. The molecule has 0 atom stereocenters. The number of nitrogens with zero attached hydrogens (tertiary/aromatic N) is 1. The van der Waals surface area contributed by atoms with Crippen molar-refractivity contribution in [3.05, 3.63) is 62.2 Å². The summed E-state index contributed by atoms with van der Waals surface area (Å²) in [6, 6.07) is 16.8. The number of hydrogen-bond acceptors (Lipinski definition) is 2. The average Bonchev–Trinajstić information content (AvgIpc) is 2.60. The van der Waals surface area contributed by atoms with Crippen molar-refractivity contribution >= 4 is 8.15 Å². The molecule has 1 aromatic heterocycles. The largest absolute Gasteiger partial charge is 0.358 e. The van der Waals surface area contributed by atoms with E-state index >= 15 is 0 Å². The Morgan fingerprint density at radius 2 is 1.46 bits per heavy atom. The second-order valence-electron chi connectivity index (χ2n) is 3.60. The Hall–Kier alpha value is -0.591. The Bertz CT molecular complexity index is 373. The molecule has 0 aliphatic carbocycles. The predicted molar refractivity (Wildman–Crippen MR) is 112 cm³/mol. The van der Waals surface area contributed by atoms with Gasteiger partial charge in [0.2, 0.25) is 0 Å². The van der Waals surface area contributed by atoms with E-state index in [-0.39, 0.29) is 43.1 Å². The molecule has 143 valence electrons. The van der Waals surface area contributed by atoms with Crippen molar-refractivity contribution in [2.45, 2.75) is 35.1 Å². The van der Waals surface area contributed by atoms with Crippen molar-refractivity contribution in [2.75, 3.05) is 20.4 Å². The van der Waals surface area contributed by atoms with Crippen LogP contribution < -0.4 is 0 Å². The summed E-state index contributed by atoms with van der Waals surface area (Å²) in [4.78, 5) is 4.22. The molecule has 0 amide bonds. The van der Waals surface area contributed by atoms with Gasteiger partial charge in [-0.05, 0) is 11.8 Å². The molecule has 0 saturated heterocycles. The molecule has 1 heterocycles. The third-order valence-corrected chi connectivity index (χ3v) is 2.87. The van der Waals surface area contributed by atoms with Gasteiger partial charge in [-0.15, -0.1) is 35.9 Å². The summed E-state index contributed by atoms with van der Waals surface area (Å²) in [6.07, 6.45) is 1.79. The maximum atomic E-state index is 4.85. The van der Waals surface area contributed by atoms with Crippen LogP contribution in [0.4, 0.5) is 0 Å². The van der Waals surface area contributed by atoms with Crippen molar-refractivity contribution in [1.29, 1.82) is 0 Å². The topological polar surface area (TPSA) is 22.1 Å². The van der Waals surface area contributed by atoms with Crippen LogP contribution in [0, 0.1) is 13.5 Å². The van der Waals surface area contributed by atoms with E-state index in [9.17, 15) is 0 Å². The van der Waals surface area contributed by atoms with Crippen LogP contribution in [-0.4, -0.2) is 25.4 Å². The summed E-state index contributed by atoms with van der Waals surface area (Å²) in [6.45, 7) is 12.2. The Morgan fingerprint density at radius 3 is 1.79 bits per heavy atom. The number of aromatic nitrogens is 1. The maximum absolute atomic E-state index is 4.85. The van der Waals surface area contributed by atoms with Gasteiger partial charge in [0.25, 0.3) is 0 Å². The van der Waals surface area contributed by atoms with Crippen molar-refractivity contribution in [3.63, 3.8) is 0 Å². The molecule has 24 heavy (non-hydrogen) atoms. The zero-order chi connectivity index (χ0) is 16.5. The van der Waals surface area contributed by atoms with Gasteiger partial charge in [0.05, 0.1) is 20.4 Å². The minimum Gasteiger partial charge on any atom is -0.358 e. The van der Waals surface area contributed by atoms with E-state index in [1.165, 1.54) is 0 Å². The number of hydrogen-bond donors (Lipinski definition) is 0. The van der Waals surface area contributed by atoms with Gasteiger partial charge >= 0.3 is 0 Å². The number of pyridine rings is 1. The Labute approximate surface area is 166 Å². The van der Waals surface area contributed by atoms with Gasteiger partial charge in [0, 0.05) is 26.3 Å². The van der Waals surface area contributed by atoms with Crippen molar-refractivity contribution < 1.29 is 24.6 Å². The summed E-state index contributed by atoms with van der Waals surface area (Å²) < 4.78 is 4.85. The zero-order valence-electron chi connectivity index (χ0n) is 15.8. The Balaban J connectivity index is -0.0000000877. The van der Waals surface area contributed by atoms with E-state index in [1.54, 1.807) is 13.3 Å². The van der Waals surface area contributed by atoms with E-state index < -0.39 is 0 Å². The summed E-state index contributed by atoms with van der Waals surface area (Å²) in [5.41, 5.74) is 2.01. The fourth-order valence-corrected chi connectivity index (χ4v) is 1.07. The minimum absolute atomic E-state index is 0. The molecule has 2 rings (SSSR count). The Morgan fingerprint density at radius 1 is 0.958 bits per heavy atom. The minimum atomic E-state index is -0.374. The number of benzene rings is 1. The zero-order valence-corrected chi connectivity index (χ0v) is 19.2. The fourth-order valence-electron chi connectivity index (χ4n) is 1.07. The smallest absolute Gasteiger partial charge is 0.126 e. The van der Waals surface area contributed by atoms with Gasteiger partial charge in [-0.1, -0.05) is 47.3 Å². The molecule has 4 heteroatoms. The molecule has 2 nitrogen and oxygen atoms in total. The van der Waals surface area contributed by atoms with Gasteiger partial charge < -0.3 is 12.4 Å². The summed E-state index contributed by atoms with van der Waals surface area (Å²) in [5, 5.41) is 0. The molecule has 2 aromatic rings. The van der Waals surface area contributed by atoms with E-state index in [0.717, 1.165) is 11.3 Å². The van der Waals surface area contributed by atoms with Crippen LogP contribution in [0.15, 0.2) is 48.7 Å². The monoisotopic (exact) mass is 531 g/mol. The van der Waals surface area contributed by atoms with Gasteiger partial charge in [-0.2, -0.15) is 0 Å². The second-order valence-corrected chi connectivity index (χ2v) is 5.83. The van der Waals surface area contributed by atoms with Crippen LogP contribution in [0.3, 0.4) is 0 Å². The van der Waals surface area contributed by atoms with E-state index in [4.69, 9.17) is 4.52 Å². The van der Waals surface area contributed by atoms with Crippen LogP contribution in [0.25, 0.3) is 11.3 Å². The summed E-state index contributed by atoms with van der Waals surface area (Å²) in [5.74, 6) is 0. The van der Waals surface area contributed by atoms with E-state index in [0.29, 0.717) is 0 Å². The molecule has 0 spiro atoms. The standard InChI is InChI=1S/C11H8N.C3H9OP.2C2H6.CH4.CH3.Ir/c1-2-6-10(7-3-1)11-8-4-5-9-12-11;1-4-5(2)3;2*1-2;;;/h1-6,8-9H;1-3H3;2*1-2H3;1H4;1H3;/q-1;;;;;-1;/p+1. The average molecular weight is 531 g/mol. The first-order valence-electron chi connectivity index (χ1n) is 7.46. The molecular weight excluding hydrogens is 493 g/mol. The molecule has 0 bridgehead atoms. The van der Waals surface area contributed by atoms with Crippen LogP contribution in [0.1, 0.15) is 35.1 Å². The third-order valence-electron chi connectivity index (χ3n) is 2.06. The fraction of sp³-hybridized carbons (Fsp3) is 0.400. The first-order valence-corrected chi connectivity index (χ1v) is 9.87. The second kappa shape index (κ2) is 27.3. The van der Waals surface area contributed by atoms with Crippen LogP contribution in [0.2, 0.25) is 0 Å². The molecule has 1 radical (unpaired) electrons. The normalized spacial score (nSPS) is 7.33. The molecule has 1 aromatic carbocycles. The predicted octanol–water partition coefficient (Wildman–Crippen LogP) is 6.71. The molecule has 0 fully saturated rings. The van der Waals surface area contributed by atoms with Gasteiger partial charge in [-0.3, -0.25) is 0 Å². The summed E-state index contributed by atoms with van der Waals surface area (Å²) in [7, 11) is 1.37. The first kappa shape index (κ1) is 34.7. The molecule has 0 unspecified atom stereocenters. The van der Waals surface area contributed by atoms with E-state index in [1.807, 2.05) is 70.2 Å². The first-order chi connectivity index (χ1) is 10.2. The quantitative estimate of drug-likeness (QED) is 0.318.